The fourth-order valence-electron chi connectivity index (χ4n) is 1.77. The summed E-state index contributed by atoms with van der Waals surface area (Å²) < 4.78 is 5.21. The minimum atomic E-state index is -0.693. The first-order chi connectivity index (χ1) is 10.3. The van der Waals surface area contributed by atoms with Gasteiger partial charge in [-0.2, -0.15) is 0 Å². The standard InChI is InChI=1S/C15H30N4O4/c1-14(2,3)10-19(12(21)8-17)18(11(20)7-16)9-13(22)23-15(4,5)6/h7-10,16-17H2,1-6H3. The molecule has 0 aromatic carbocycles. The summed E-state index contributed by atoms with van der Waals surface area (Å²) in [6.45, 7) is 10.1. The van der Waals surface area contributed by atoms with Crippen LogP contribution >= 0.6 is 0 Å². The maximum Gasteiger partial charge on any atom is 0.328 e. The van der Waals surface area contributed by atoms with Crippen LogP contribution in [0.4, 0.5) is 0 Å². The van der Waals surface area contributed by atoms with Gasteiger partial charge in [-0.05, 0) is 26.2 Å². The molecule has 4 N–H and O–H groups in total. The molecule has 8 heteroatoms. The highest BCUT2D eigenvalue weighted by Gasteiger charge is 2.31. The van der Waals surface area contributed by atoms with E-state index in [1.165, 1.54) is 5.01 Å². The number of carbonyl (C=O) groups is 3. The molecule has 0 bridgehead atoms. The molecule has 0 aromatic heterocycles. The molecule has 2 amide bonds. The van der Waals surface area contributed by atoms with Crippen LogP contribution in [0.15, 0.2) is 0 Å². The minimum absolute atomic E-state index is 0.220. The number of rotatable bonds is 5. The number of amides is 2. The highest BCUT2D eigenvalue weighted by Crippen LogP contribution is 2.17. The van der Waals surface area contributed by atoms with Gasteiger partial charge in [-0.15, -0.1) is 0 Å². The molecule has 0 fully saturated rings. The van der Waals surface area contributed by atoms with E-state index in [-0.39, 0.29) is 25.0 Å². The fraction of sp³-hybridized carbons (Fsp3) is 0.800. The molecule has 0 spiro atoms. The van der Waals surface area contributed by atoms with Crippen LogP contribution in [0.3, 0.4) is 0 Å². The summed E-state index contributed by atoms with van der Waals surface area (Å²) in [5, 5.41) is 2.20. The SMILES string of the molecule is CC(C)(C)CN(C(=O)CN)N(CC(=O)OC(C)(C)C)C(=O)CN. The number of hydrogen-bond donors (Lipinski definition) is 2. The average Bonchev–Trinajstić information content (AvgIpc) is 2.37. The van der Waals surface area contributed by atoms with E-state index in [4.69, 9.17) is 16.2 Å². The van der Waals surface area contributed by atoms with Gasteiger partial charge < -0.3 is 16.2 Å². The Morgan fingerprint density at radius 1 is 0.870 bits per heavy atom. The van der Waals surface area contributed by atoms with Gasteiger partial charge in [0.15, 0.2) is 0 Å². The van der Waals surface area contributed by atoms with E-state index < -0.39 is 29.9 Å². The molecular formula is C15H30N4O4. The van der Waals surface area contributed by atoms with Crippen LogP contribution in [-0.2, 0) is 19.1 Å². The van der Waals surface area contributed by atoms with Crippen molar-refractivity contribution in [1.29, 1.82) is 0 Å². The first kappa shape index (κ1) is 21.3. The quantitative estimate of drug-likeness (QED) is 0.535. The molecule has 8 nitrogen and oxygen atoms in total. The third-order valence-electron chi connectivity index (χ3n) is 2.54. The molecule has 23 heavy (non-hydrogen) atoms. The van der Waals surface area contributed by atoms with E-state index in [0.717, 1.165) is 5.01 Å². The van der Waals surface area contributed by atoms with E-state index in [1.54, 1.807) is 20.8 Å². The molecule has 0 unspecified atom stereocenters. The van der Waals surface area contributed by atoms with E-state index in [0.29, 0.717) is 0 Å². The first-order valence-corrected chi connectivity index (χ1v) is 7.53. The smallest absolute Gasteiger partial charge is 0.328 e. The van der Waals surface area contributed by atoms with Crippen LogP contribution in [0.1, 0.15) is 41.5 Å². The number of carbonyl (C=O) groups excluding carboxylic acids is 3. The van der Waals surface area contributed by atoms with Gasteiger partial charge in [0.05, 0.1) is 13.1 Å². The van der Waals surface area contributed by atoms with Gasteiger partial charge in [0.2, 0.25) is 0 Å². The lowest BCUT2D eigenvalue weighted by Crippen LogP contribution is -2.57. The Labute approximate surface area is 138 Å². The van der Waals surface area contributed by atoms with Crippen LogP contribution in [0.5, 0.6) is 0 Å². The van der Waals surface area contributed by atoms with Crippen molar-refractivity contribution < 1.29 is 19.1 Å². The number of hydrazine groups is 1. The predicted octanol–water partition coefficient (Wildman–Crippen LogP) is -0.136. The zero-order valence-corrected chi connectivity index (χ0v) is 15.0. The van der Waals surface area contributed by atoms with Crippen molar-refractivity contribution in [2.24, 2.45) is 16.9 Å². The molecule has 0 heterocycles. The van der Waals surface area contributed by atoms with Crippen LogP contribution in [0.25, 0.3) is 0 Å². The Morgan fingerprint density at radius 3 is 1.65 bits per heavy atom. The van der Waals surface area contributed by atoms with Crippen LogP contribution in [0, 0.1) is 5.41 Å². The van der Waals surface area contributed by atoms with E-state index in [9.17, 15) is 14.4 Å². The second-order valence-electron chi connectivity index (χ2n) is 7.46. The minimum Gasteiger partial charge on any atom is -0.459 e. The van der Waals surface area contributed by atoms with Crippen molar-refractivity contribution in [2.45, 2.75) is 47.1 Å². The van der Waals surface area contributed by atoms with Gasteiger partial charge in [0.1, 0.15) is 12.1 Å². The molecule has 0 aliphatic carbocycles. The number of ether oxygens (including phenoxy) is 1. The Morgan fingerprint density at radius 2 is 1.30 bits per heavy atom. The average molecular weight is 330 g/mol. The highest BCUT2D eigenvalue weighted by molar-refractivity contribution is 5.87. The van der Waals surface area contributed by atoms with E-state index in [2.05, 4.69) is 0 Å². The molecule has 0 aliphatic rings. The summed E-state index contributed by atoms with van der Waals surface area (Å²) in [5.41, 5.74) is 9.84. The maximum atomic E-state index is 12.1. The number of hydrogen-bond acceptors (Lipinski definition) is 6. The van der Waals surface area contributed by atoms with Gasteiger partial charge in [-0.1, -0.05) is 20.8 Å². The molecule has 0 radical (unpaired) electrons. The van der Waals surface area contributed by atoms with Crippen molar-refractivity contribution in [1.82, 2.24) is 10.0 Å². The van der Waals surface area contributed by atoms with Crippen LogP contribution in [0.2, 0.25) is 0 Å². The molecule has 0 saturated heterocycles. The zero-order valence-electron chi connectivity index (χ0n) is 15.0. The van der Waals surface area contributed by atoms with Gasteiger partial charge >= 0.3 is 5.97 Å². The maximum absolute atomic E-state index is 12.1. The number of esters is 1. The molecule has 0 atom stereocenters. The second-order valence-corrected chi connectivity index (χ2v) is 7.46. The lowest BCUT2D eigenvalue weighted by molar-refractivity contribution is -0.175. The lowest BCUT2D eigenvalue weighted by Gasteiger charge is -2.38. The monoisotopic (exact) mass is 330 g/mol. The summed E-state index contributed by atoms with van der Waals surface area (Å²) in [6, 6.07) is 0. The summed E-state index contributed by atoms with van der Waals surface area (Å²) in [6.07, 6.45) is 0. The third-order valence-corrected chi connectivity index (χ3v) is 2.54. The van der Waals surface area contributed by atoms with E-state index >= 15 is 0 Å². The lowest BCUT2D eigenvalue weighted by atomic mass is 9.96. The summed E-state index contributed by atoms with van der Waals surface area (Å²) in [7, 11) is 0. The van der Waals surface area contributed by atoms with Gasteiger partial charge in [-0.25, -0.2) is 10.0 Å². The Balaban J connectivity index is 5.41. The van der Waals surface area contributed by atoms with E-state index in [1.807, 2.05) is 20.8 Å². The molecule has 0 aromatic rings. The molecule has 0 aliphatic heterocycles. The summed E-state index contributed by atoms with van der Waals surface area (Å²) >= 11 is 0. The van der Waals surface area contributed by atoms with Crippen LogP contribution < -0.4 is 11.5 Å². The second kappa shape index (κ2) is 8.26. The molecule has 134 valence electrons. The highest BCUT2D eigenvalue weighted by atomic mass is 16.6. The predicted molar refractivity (Wildman–Crippen MR) is 86.8 cm³/mol. The molecule has 0 rings (SSSR count). The Kier molecular flexibility index (Phi) is 7.66. The fourth-order valence-corrected chi connectivity index (χ4v) is 1.77. The third kappa shape index (κ3) is 8.51. The first-order valence-electron chi connectivity index (χ1n) is 7.53. The zero-order chi connectivity index (χ0) is 18.4. The Bertz CT molecular complexity index is 438. The molecule has 0 saturated carbocycles. The molecular weight excluding hydrogens is 300 g/mol. The van der Waals surface area contributed by atoms with Crippen molar-refractivity contribution >= 4 is 17.8 Å². The van der Waals surface area contributed by atoms with Gasteiger partial charge in [0.25, 0.3) is 11.8 Å². The number of nitrogens with two attached hydrogens (primary N) is 2. The van der Waals surface area contributed by atoms with Gasteiger partial charge in [0, 0.05) is 6.54 Å². The largest absolute Gasteiger partial charge is 0.459 e. The topological polar surface area (TPSA) is 119 Å². The van der Waals surface area contributed by atoms with Crippen molar-refractivity contribution in [3.8, 4) is 0 Å². The van der Waals surface area contributed by atoms with Crippen LogP contribution in [-0.4, -0.2) is 59.6 Å². The van der Waals surface area contributed by atoms with Gasteiger partial charge in [-0.3, -0.25) is 14.4 Å². The summed E-state index contributed by atoms with van der Waals surface area (Å²) in [5.74, 6) is -1.64. The van der Waals surface area contributed by atoms with Crippen molar-refractivity contribution in [3.05, 3.63) is 0 Å². The Hall–Kier alpha value is -1.67. The summed E-state index contributed by atoms with van der Waals surface area (Å²) in [4.78, 5) is 36.3. The van der Waals surface area contributed by atoms with Crippen molar-refractivity contribution in [3.63, 3.8) is 0 Å². The van der Waals surface area contributed by atoms with Crippen molar-refractivity contribution in [2.75, 3.05) is 26.2 Å². The normalized spacial score (nSPS) is 11.8. The number of nitrogens with zero attached hydrogens (tertiary/aromatic N) is 2.